The highest BCUT2D eigenvalue weighted by molar-refractivity contribution is 5.81. The smallest absolute Gasteiger partial charge is 0.299 e. The molecular weight excluding hydrogens is 205 g/mol. The maximum atomic E-state index is 11.8. The van der Waals surface area contributed by atoms with Crippen molar-refractivity contribution >= 4 is 5.78 Å². The molecule has 0 amide bonds. The third kappa shape index (κ3) is 5.19. The highest BCUT2D eigenvalue weighted by Gasteiger charge is 2.27. The van der Waals surface area contributed by atoms with Gasteiger partial charge in [-0.05, 0) is 25.7 Å². The van der Waals surface area contributed by atoms with Crippen molar-refractivity contribution in [3.63, 3.8) is 0 Å². The number of unbranched alkanes of at least 4 members (excludes halogenated alkanes) is 1. The van der Waals surface area contributed by atoms with E-state index in [0.29, 0.717) is 12.8 Å². The van der Waals surface area contributed by atoms with Gasteiger partial charge < -0.3 is 0 Å². The summed E-state index contributed by atoms with van der Waals surface area (Å²) in [6.07, 6.45) is 0.0486. The van der Waals surface area contributed by atoms with E-state index < -0.39 is 12.6 Å². The molecule has 1 saturated carbocycles. The quantitative estimate of drug-likeness (QED) is 0.645. The van der Waals surface area contributed by atoms with Gasteiger partial charge in [0.25, 0.3) is 0 Å². The first kappa shape index (κ1) is 12.5. The lowest BCUT2D eigenvalue weighted by molar-refractivity contribution is -0.136. The Morgan fingerprint density at radius 2 is 1.73 bits per heavy atom. The van der Waals surface area contributed by atoms with Gasteiger partial charge in [-0.1, -0.05) is 12.8 Å². The Labute approximate surface area is 88.0 Å². The van der Waals surface area contributed by atoms with Crippen molar-refractivity contribution < 1.29 is 18.0 Å². The van der Waals surface area contributed by atoms with Crippen LogP contribution in [0.4, 0.5) is 13.2 Å². The summed E-state index contributed by atoms with van der Waals surface area (Å²) in [6.45, 7) is 0. The van der Waals surface area contributed by atoms with Crippen molar-refractivity contribution in [1.29, 1.82) is 0 Å². The first-order chi connectivity index (χ1) is 6.99. The summed E-state index contributed by atoms with van der Waals surface area (Å²) in [5.74, 6) is 0.325. The summed E-state index contributed by atoms with van der Waals surface area (Å²) in [5, 5.41) is 0. The largest absolute Gasteiger partial charge is 0.389 e. The molecule has 0 heterocycles. The molecule has 1 rings (SSSR count). The monoisotopic (exact) mass is 222 g/mol. The van der Waals surface area contributed by atoms with Gasteiger partial charge in [0.2, 0.25) is 0 Å². The minimum Gasteiger partial charge on any atom is -0.299 e. The second-order valence-electron chi connectivity index (χ2n) is 4.27. The standard InChI is InChI=1S/C11H17F3O/c12-11(13,14)8-4-3-7-10(15)9-5-1-2-6-9/h9H,1-8H2. The van der Waals surface area contributed by atoms with Crippen LogP contribution in [0.15, 0.2) is 0 Å². The van der Waals surface area contributed by atoms with Crippen LogP contribution in [0.3, 0.4) is 0 Å². The van der Waals surface area contributed by atoms with Crippen LogP contribution in [0.25, 0.3) is 0 Å². The van der Waals surface area contributed by atoms with Crippen molar-refractivity contribution in [2.45, 2.75) is 57.5 Å². The number of hydrogen-bond acceptors (Lipinski definition) is 1. The molecular formula is C11H17F3O. The Hall–Kier alpha value is -0.540. The average molecular weight is 222 g/mol. The number of rotatable bonds is 5. The highest BCUT2D eigenvalue weighted by Crippen LogP contribution is 2.28. The van der Waals surface area contributed by atoms with Crippen LogP contribution in [-0.2, 0) is 4.79 Å². The second-order valence-corrected chi connectivity index (χ2v) is 4.27. The predicted octanol–water partition coefficient (Wildman–Crippen LogP) is 3.87. The van der Waals surface area contributed by atoms with Crippen LogP contribution < -0.4 is 0 Å². The SMILES string of the molecule is O=C(CCCCC(F)(F)F)C1CCCC1. The van der Waals surface area contributed by atoms with Gasteiger partial charge in [0, 0.05) is 18.8 Å². The zero-order valence-corrected chi connectivity index (χ0v) is 8.78. The zero-order chi connectivity index (χ0) is 11.3. The molecule has 0 aromatic rings. The van der Waals surface area contributed by atoms with Gasteiger partial charge in [0.15, 0.2) is 0 Å². The summed E-state index contributed by atoms with van der Waals surface area (Å²) in [5.41, 5.74) is 0. The van der Waals surface area contributed by atoms with Crippen molar-refractivity contribution in [2.24, 2.45) is 5.92 Å². The Morgan fingerprint density at radius 1 is 1.13 bits per heavy atom. The summed E-state index contributed by atoms with van der Waals surface area (Å²) in [7, 11) is 0. The molecule has 0 aromatic heterocycles. The molecule has 0 atom stereocenters. The van der Waals surface area contributed by atoms with E-state index in [1.807, 2.05) is 0 Å². The Bertz CT molecular complexity index is 204. The molecule has 88 valence electrons. The third-order valence-electron chi connectivity index (χ3n) is 2.94. The van der Waals surface area contributed by atoms with Gasteiger partial charge in [0.05, 0.1) is 0 Å². The Morgan fingerprint density at radius 3 is 2.27 bits per heavy atom. The van der Waals surface area contributed by atoms with E-state index in [4.69, 9.17) is 0 Å². The van der Waals surface area contributed by atoms with Crippen molar-refractivity contribution in [1.82, 2.24) is 0 Å². The van der Waals surface area contributed by atoms with E-state index >= 15 is 0 Å². The number of carbonyl (C=O) groups is 1. The van der Waals surface area contributed by atoms with E-state index in [-0.39, 0.29) is 18.1 Å². The lowest BCUT2D eigenvalue weighted by Crippen LogP contribution is -2.11. The van der Waals surface area contributed by atoms with Crippen molar-refractivity contribution in [3.8, 4) is 0 Å². The molecule has 4 heteroatoms. The van der Waals surface area contributed by atoms with Gasteiger partial charge in [0.1, 0.15) is 5.78 Å². The van der Waals surface area contributed by atoms with Crippen molar-refractivity contribution in [3.05, 3.63) is 0 Å². The van der Waals surface area contributed by atoms with Gasteiger partial charge >= 0.3 is 6.18 Å². The minimum absolute atomic E-state index is 0.0853. The molecule has 0 bridgehead atoms. The van der Waals surface area contributed by atoms with Crippen LogP contribution in [0.2, 0.25) is 0 Å². The lowest BCUT2D eigenvalue weighted by Gasteiger charge is -2.08. The van der Waals surface area contributed by atoms with Gasteiger partial charge in [-0.25, -0.2) is 0 Å². The fraction of sp³-hybridized carbons (Fsp3) is 0.909. The second kappa shape index (κ2) is 5.52. The van der Waals surface area contributed by atoms with Crippen LogP contribution >= 0.6 is 0 Å². The molecule has 0 radical (unpaired) electrons. The molecule has 0 spiro atoms. The van der Waals surface area contributed by atoms with E-state index in [2.05, 4.69) is 0 Å². The molecule has 1 aliphatic rings. The number of hydrogen-bond donors (Lipinski definition) is 0. The summed E-state index contributed by atoms with van der Waals surface area (Å²) in [6, 6.07) is 0. The first-order valence-electron chi connectivity index (χ1n) is 5.58. The number of carbonyl (C=O) groups excluding carboxylic acids is 1. The molecule has 0 N–H and O–H groups in total. The maximum Gasteiger partial charge on any atom is 0.389 e. The maximum absolute atomic E-state index is 11.8. The van der Waals surface area contributed by atoms with Crippen molar-refractivity contribution in [2.75, 3.05) is 0 Å². The van der Waals surface area contributed by atoms with E-state index in [0.717, 1.165) is 25.7 Å². The third-order valence-corrected chi connectivity index (χ3v) is 2.94. The highest BCUT2D eigenvalue weighted by atomic mass is 19.4. The number of ketones is 1. The minimum atomic E-state index is -4.07. The fourth-order valence-corrected chi connectivity index (χ4v) is 2.08. The number of halogens is 3. The first-order valence-corrected chi connectivity index (χ1v) is 5.58. The average Bonchev–Trinajstić information content (AvgIpc) is 2.63. The Kier molecular flexibility index (Phi) is 4.61. The van der Waals surface area contributed by atoms with E-state index in [1.54, 1.807) is 0 Å². The van der Waals surface area contributed by atoms with Crippen LogP contribution in [0.1, 0.15) is 51.4 Å². The molecule has 0 aliphatic heterocycles. The molecule has 1 fully saturated rings. The molecule has 0 saturated heterocycles. The summed E-state index contributed by atoms with van der Waals surface area (Å²) in [4.78, 5) is 11.5. The predicted molar refractivity (Wildman–Crippen MR) is 51.5 cm³/mol. The van der Waals surface area contributed by atoms with Gasteiger partial charge in [-0.2, -0.15) is 13.2 Å². The zero-order valence-electron chi connectivity index (χ0n) is 8.78. The Balaban J connectivity index is 2.07. The van der Waals surface area contributed by atoms with E-state index in [9.17, 15) is 18.0 Å². The summed E-state index contributed by atoms with van der Waals surface area (Å²) >= 11 is 0. The molecule has 15 heavy (non-hydrogen) atoms. The van der Waals surface area contributed by atoms with Crippen LogP contribution in [0, 0.1) is 5.92 Å². The summed E-state index contributed by atoms with van der Waals surface area (Å²) < 4.78 is 35.4. The van der Waals surface area contributed by atoms with Gasteiger partial charge in [-0.3, -0.25) is 4.79 Å². The van der Waals surface area contributed by atoms with Gasteiger partial charge in [-0.15, -0.1) is 0 Å². The number of Topliss-reactive ketones (excluding diaryl/α,β-unsaturated/α-hetero) is 1. The van der Waals surface area contributed by atoms with Crippen LogP contribution in [-0.4, -0.2) is 12.0 Å². The molecule has 1 nitrogen and oxygen atoms in total. The van der Waals surface area contributed by atoms with Crippen LogP contribution in [0.5, 0.6) is 0 Å². The molecule has 0 unspecified atom stereocenters. The normalized spacial score (nSPS) is 18.3. The lowest BCUT2D eigenvalue weighted by atomic mass is 9.98. The molecule has 0 aromatic carbocycles. The molecule has 1 aliphatic carbocycles. The fourth-order valence-electron chi connectivity index (χ4n) is 2.08. The topological polar surface area (TPSA) is 17.1 Å². The van der Waals surface area contributed by atoms with E-state index in [1.165, 1.54) is 0 Å². The number of alkyl halides is 3.